The van der Waals surface area contributed by atoms with Gasteiger partial charge in [0.2, 0.25) is 0 Å². The quantitative estimate of drug-likeness (QED) is 0.781. The molecule has 0 aromatic heterocycles. The molecule has 19 heavy (non-hydrogen) atoms. The molecule has 0 unspecified atom stereocenters. The lowest BCUT2D eigenvalue weighted by molar-refractivity contribution is -0.148. The second kappa shape index (κ2) is 6.24. The Morgan fingerprint density at radius 1 is 1.42 bits per heavy atom. The van der Waals surface area contributed by atoms with E-state index in [4.69, 9.17) is 10.00 Å². The Balaban J connectivity index is 2.00. The van der Waals surface area contributed by atoms with Crippen molar-refractivity contribution < 1.29 is 9.53 Å². The van der Waals surface area contributed by atoms with Crippen LogP contribution in [0.25, 0.3) is 0 Å². The van der Waals surface area contributed by atoms with E-state index in [0.717, 1.165) is 31.6 Å². The average molecular weight is 258 g/mol. The molecule has 0 amide bonds. The first-order valence-electron chi connectivity index (χ1n) is 6.67. The van der Waals surface area contributed by atoms with Crippen LogP contribution in [-0.2, 0) is 9.53 Å². The summed E-state index contributed by atoms with van der Waals surface area (Å²) in [7, 11) is 0. The Labute approximate surface area is 113 Å². The van der Waals surface area contributed by atoms with Crippen LogP contribution in [0.1, 0.15) is 25.3 Å². The summed E-state index contributed by atoms with van der Waals surface area (Å²) in [5, 5.41) is 9.11. The molecule has 0 saturated carbocycles. The van der Waals surface area contributed by atoms with Crippen molar-refractivity contribution in [1.29, 1.82) is 5.26 Å². The molecule has 0 bridgehead atoms. The summed E-state index contributed by atoms with van der Waals surface area (Å²) in [5.74, 6) is -0.0823. The molecular formula is C15H18N2O2. The van der Waals surface area contributed by atoms with Crippen molar-refractivity contribution in [2.24, 2.45) is 5.92 Å². The molecule has 0 N–H and O–H groups in total. The predicted octanol–water partition coefficient (Wildman–Crippen LogP) is 2.34. The van der Waals surface area contributed by atoms with E-state index < -0.39 is 0 Å². The van der Waals surface area contributed by atoms with E-state index in [1.54, 1.807) is 0 Å². The van der Waals surface area contributed by atoms with E-state index in [9.17, 15) is 4.79 Å². The minimum absolute atomic E-state index is 0.00504. The Morgan fingerprint density at radius 3 is 2.74 bits per heavy atom. The molecule has 0 radical (unpaired) electrons. The van der Waals surface area contributed by atoms with Crippen LogP contribution in [0.3, 0.4) is 0 Å². The number of rotatable bonds is 3. The number of ether oxygens (including phenoxy) is 1. The van der Waals surface area contributed by atoms with Crippen molar-refractivity contribution in [3.05, 3.63) is 29.8 Å². The van der Waals surface area contributed by atoms with Crippen molar-refractivity contribution >= 4 is 11.7 Å². The highest BCUT2D eigenvalue weighted by molar-refractivity contribution is 5.73. The van der Waals surface area contributed by atoms with Crippen LogP contribution in [0.15, 0.2) is 24.3 Å². The van der Waals surface area contributed by atoms with E-state index in [2.05, 4.69) is 11.0 Å². The van der Waals surface area contributed by atoms with Gasteiger partial charge in [-0.2, -0.15) is 5.26 Å². The molecule has 0 atom stereocenters. The zero-order chi connectivity index (χ0) is 13.7. The van der Waals surface area contributed by atoms with E-state index in [0.29, 0.717) is 12.2 Å². The smallest absolute Gasteiger partial charge is 0.309 e. The highest BCUT2D eigenvalue weighted by Gasteiger charge is 2.26. The first kappa shape index (κ1) is 13.4. The molecule has 4 heteroatoms. The fraction of sp³-hybridized carbons (Fsp3) is 0.467. The molecule has 1 heterocycles. The molecule has 1 fully saturated rings. The van der Waals surface area contributed by atoms with Gasteiger partial charge < -0.3 is 9.64 Å². The zero-order valence-electron chi connectivity index (χ0n) is 11.1. The molecule has 1 aromatic rings. The van der Waals surface area contributed by atoms with Crippen LogP contribution in [0, 0.1) is 17.2 Å². The summed E-state index contributed by atoms with van der Waals surface area (Å²) in [6.45, 7) is 3.86. The summed E-state index contributed by atoms with van der Waals surface area (Å²) in [4.78, 5) is 13.8. The number of benzene rings is 1. The molecule has 1 aliphatic heterocycles. The molecule has 1 aliphatic rings. The van der Waals surface area contributed by atoms with Crippen molar-refractivity contribution in [2.45, 2.75) is 19.8 Å². The summed E-state index contributed by atoms with van der Waals surface area (Å²) >= 11 is 0. The number of hydrogen-bond acceptors (Lipinski definition) is 4. The molecule has 0 aliphatic carbocycles. The third-order valence-corrected chi connectivity index (χ3v) is 3.48. The maximum Gasteiger partial charge on any atom is 0.309 e. The first-order chi connectivity index (χ1) is 9.26. The summed E-state index contributed by atoms with van der Waals surface area (Å²) in [6, 6.07) is 9.81. The number of para-hydroxylation sites is 1. The standard InChI is InChI=1S/C15H18N2O2/c1-2-19-15(18)12-7-9-17(10-8-12)14-6-4-3-5-13(14)11-16/h3-6,12H,2,7-10H2,1H3. The third-order valence-electron chi connectivity index (χ3n) is 3.48. The number of nitriles is 1. The van der Waals surface area contributed by atoms with Crippen LogP contribution >= 0.6 is 0 Å². The molecule has 0 spiro atoms. The molecular weight excluding hydrogens is 240 g/mol. The van der Waals surface area contributed by atoms with Crippen molar-refractivity contribution in [3.8, 4) is 6.07 Å². The lowest BCUT2D eigenvalue weighted by atomic mass is 9.96. The Bertz CT molecular complexity index is 485. The monoisotopic (exact) mass is 258 g/mol. The summed E-state index contributed by atoms with van der Waals surface area (Å²) in [5.41, 5.74) is 1.66. The van der Waals surface area contributed by atoms with Gasteiger partial charge in [0.15, 0.2) is 0 Å². The average Bonchev–Trinajstić information content (AvgIpc) is 2.47. The van der Waals surface area contributed by atoms with E-state index in [1.807, 2.05) is 31.2 Å². The summed E-state index contributed by atoms with van der Waals surface area (Å²) < 4.78 is 5.06. The maximum atomic E-state index is 11.7. The summed E-state index contributed by atoms with van der Waals surface area (Å²) in [6.07, 6.45) is 1.58. The van der Waals surface area contributed by atoms with Gasteiger partial charge in [0.05, 0.1) is 23.8 Å². The molecule has 100 valence electrons. The van der Waals surface area contributed by atoms with Gasteiger partial charge in [-0.1, -0.05) is 12.1 Å². The number of carbonyl (C=O) groups excluding carboxylic acids is 1. The van der Waals surface area contributed by atoms with Crippen molar-refractivity contribution in [2.75, 3.05) is 24.6 Å². The number of anilines is 1. The number of hydrogen-bond donors (Lipinski definition) is 0. The van der Waals surface area contributed by atoms with Crippen molar-refractivity contribution in [3.63, 3.8) is 0 Å². The number of piperidine rings is 1. The fourth-order valence-electron chi connectivity index (χ4n) is 2.46. The van der Waals surface area contributed by atoms with Gasteiger partial charge in [0, 0.05) is 13.1 Å². The topological polar surface area (TPSA) is 53.3 Å². The van der Waals surface area contributed by atoms with Crippen LogP contribution in [0.2, 0.25) is 0 Å². The maximum absolute atomic E-state index is 11.7. The second-order valence-electron chi connectivity index (χ2n) is 4.64. The van der Waals surface area contributed by atoms with Gasteiger partial charge in [-0.15, -0.1) is 0 Å². The van der Waals surface area contributed by atoms with Gasteiger partial charge in [-0.3, -0.25) is 4.79 Å². The Morgan fingerprint density at radius 2 is 2.11 bits per heavy atom. The highest BCUT2D eigenvalue weighted by Crippen LogP contribution is 2.26. The predicted molar refractivity (Wildman–Crippen MR) is 72.7 cm³/mol. The lowest BCUT2D eigenvalue weighted by Crippen LogP contribution is -2.37. The van der Waals surface area contributed by atoms with Crippen LogP contribution < -0.4 is 4.90 Å². The lowest BCUT2D eigenvalue weighted by Gasteiger charge is -2.33. The van der Waals surface area contributed by atoms with E-state index in [1.165, 1.54) is 0 Å². The highest BCUT2D eigenvalue weighted by atomic mass is 16.5. The SMILES string of the molecule is CCOC(=O)C1CCN(c2ccccc2C#N)CC1. The van der Waals surface area contributed by atoms with Gasteiger partial charge in [-0.25, -0.2) is 0 Å². The van der Waals surface area contributed by atoms with Gasteiger partial charge >= 0.3 is 5.97 Å². The molecule has 2 rings (SSSR count). The Hall–Kier alpha value is -2.02. The van der Waals surface area contributed by atoms with E-state index in [-0.39, 0.29) is 11.9 Å². The molecule has 1 saturated heterocycles. The Kier molecular flexibility index (Phi) is 4.40. The van der Waals surface area contributed by atoms with Crippen molar-refractivity contribution in [1.82, 2.24) is 0 Å². The number of carbonyl (C=O) groups is 1. The van der Waals surface area contributed by atoms with Gasteiger partial charge in [-0.05, 0) is 31.9 Å². The van der Waals surface area contributed by atoms with E-state index >= 15 is 0 Å². The largest absolute Gasteiger partial charge is 0.466 e. The number of esters is 1. The van der Waals surface area contributed by atoms with Gasteiger partial charge in [0.1, 0.15) is 6.07 Å². The minimum atomic E-state index is -0.0873. The van der Waals surface area contributed by atoms with Crippen LogP contribution in [0.4, 0.5) is 5.69 Å². The first-order valence-corrected chi connectivity index (χ1v) is 6.67. The number of nitrogens with zero attached hydrogens (tertiary/aromatic N) is 2. The second-order valence-corrected chi connectivity index (χ2v) is 4.64. The fourth-order valence-corrected chi connectivity index (χ4v) is 2.46. The van der Waals surface area contributed by atoms with Gasteiger partial charge in [0.25, 0.3) is 0 Å². The molecule has 4 nitrogen and oxygen atoms in total. The van der Waals surface area contributed by atoms with Crippen LogP contribution in [-0.4, -0.2) is 25.7 Å². The van der Waals surface area contributed by atoms with Crippen LogP contribution in [0.5, 0.6) is 0 Å². The zero-order valence-corrected chi connectivity index (χ0v) is 11.1. The molecule has 1 aromatic carbocycles. The minimum Gasteiger partial charge on any atom is -0.466 e. The normalized spacial score (nSPS) is 15.9. The third kappa shape index (κ3) is 3.05.